The molecular formula is C12H21NO3Si. The minimum absolute atomic E-state index is 0.356. The molecule has 5 heteroatoms. The second kappa shape index (κ2) is 4.56. The van der Waals surface area contributed by atoms with Gasteiger partial charge in [0.15, 0.2) is 0 Å². The van der Waals surface area contributed by atoms with Crippen molar-refractivity contribution in [3.63, 3.8) is 0 Å². The fraction of sp³-hybridized carbons (Fsp3) is 0.583. The van der Waals surface area contributed by atoms with Crippen LogP contribution < -0.4 is 0 Å². The lowest BCUT2D eigenvalue weighted by Crippen LogP contribution is -2.41. The van der Waals surface area contributed by atoms with Crippen molar-refractivity contribution >= 4 is 14.2 Å². The first-order valence-corrected chi connectivity index (χ1v) is 9.16. The van der Waals surface area contributed by atoms with E-state index in [9.17, 15) is 4.79 Å². The number of rotatable bonds is 1. The van der Waals surface area contributed by atoms with Crippen molar-refractivity contribution in [1.82, 2.24) is 4.90 Å². The summed E-state index contributed by atoms with van der Waals surface area (Å²) in [5.74, 6) is 0. The van der Waals surface area contributed by atoms with Crippen LogP contribution in [0.2, 0.25) is 19.6 Å². The van der Waals surface area contributed by atoms with Gasteiger partial charge in [-0.2, -0.15) is 0 Å². The van der Waals surface area contributed by atoms with Crippen LogP contribution in [0, 0.1) is 0 Å². The Hall–Kier alpha value is -1.23. The maximum Gasteiger partial charge on any atom is 0.418 e. The summed E-state index contributed by atoms with van der Waals surface area (Å²) in [7, 11) is -1.65. The summed E-state index contributed by atoms with van der Waals surface area (Å²) in [5.41, 5.74) is -0.492. The molecule has 0 spiro atoms. The molecule has 17 heavy (non-hydrogen) atoms. The van der Waals surface area contributed by atoms with Gasteiger partial charge in [0.25, 0.3) is 0 Å². The standard InChI is InChI=1S/C12H21NO3Si/c1-12(2,3)16-11(14)13-7-8-15-9-10(13)17(4,5)6/h7-9H,1-6H3. The number of hydrogen-bond acceptors (Lipinski definition) is 3. The molecule has 0 saturated carbocycles. The zero-order valence-electron chi connectivity index (χ0n) is 11.4. The van der Waals surface area contributed by atoms with E-state index in [1.807, 2.05) is 20.8 Å². The SMILES string of the molecule is CC(C)(C)OC(=O)N1C=COC=C1[Si](C)(C)C. The lowest BCUT2D eigenvalue weighted by Gasteiger charge is -2.32. The quantitative estimate of drug-likeness (QED) is 0.674. The second-order valence-electron chi connectivity index (χ2n) is 6.02. The summed E-state index contributed by atoms with van der Waals surface area (Å²) < 4.78 is 10.5. The Bertz CT molecular complexity index is 361. The van der Waals surface area contributed by atoms with E-state index in [0.29, 0.717) is 0 Å². The van der Waals surface area contributed by atoms with Gasteiger partial charge in [0.05, 0.1) is 6.20 Å². The number of carbonyl (C=O) groups excluding carboxylic acids is 1. The van der Waals surface area contributed by atoms with Crippen molar-refractivity contribution in [2.45, 2.75) is 46.0 Å². The van der Waals surface area contributed by atoms with Crippen LogP contribution >= 0.6 is 0 Å². The minimum atomic E-state index is -1.65. The molecule has 1 amide bonds. The predicted octanol–water partition coefficient (Wildman–Crippen LogP) is 3.44. The molecule has 4 nitrogen and oxygen atoms in total. The summed E-state index contributed by atoms with van der Waals surface area (Å²) in [4.78, 5) is 13.6. The van der Waals surface area contributed by atoms with Crippen molar-refractivity contribution in [2.24, 2.45) is 0 Å². The molecule has 0 aliphatic carbocycles. The molecule has 96 valence electrons. The van der Waals surface area contributed by atoms with E-state index >= 15 is 0 Å². The highest BCUT2D eigenvalue weighted by atomic mass is 28.3. The normalized spacial score (nSPS) is 16.4. The average Bonchev–Trinajstić information content (AvgIpc) is 2.13. The Kier molecular flexibility index (Phi) is 3.71. The first-order chi connectivity index (χ1) is 7.61. The van der Waals surface area contributed by atoms with Crippen LogP contribution in [-0.2, 0) is 9.47 Å². The van der Waals surface area contributed by atoms with E-state index in [-0.39, 0.29) is 6.09 Å². The highest BCUT2D eigenvalue weighted by Crippen LogP contribution is 2.24. The second-order valence-corrected chi connectivity index (χ2v) is 11.0. The van der Waals surface area contributed by atoms with Gasteiger partial charge in [-0.05, 0) is 20.8 Å². The molecule has 0 N–H and O–H groups in total. The van der Waals surface area contributed by atoms with E-state index in [0.717, 1.165) is 5.32 Å². The number of amides is 1. The highest BCUT2D eigenvalue weighted by Gasteiger charge is 2.32. The molecule has 0 bridgehead atoms. The fourth-order valence-electron chi connectivity index (χ4n) is 1.35. The molecule has 0 fully saturated rings. The molecular weight excluding hydrogens is 234 g/mol. The molecule has 1 aliphatic rings. The van der Waals surface area contributed by atoms with Gasteiger partial charge in [0, 0.05) is 5.32 Å². The van der Waals surface area contributed by atoms with Crippen LogP contribution in [0.15, 0.2) is 24.0 Å². The monoisotopic (exact) mass is 255 g/mol. The molecule has 0 saturated heterocycles. The zero-order valence-corrected chi connectivity index (χ0v) is 12.4. The van der Waals surface area contributed by atoms with Crippen LogP contribution in [-0.4, -0.2) is 24.7 Å². The van der Waals surface area contributed by atoms with Gasteiger partial charge < -0.3 is 9.47 Å². The lowest BCUT2D eigenvalue weighted by molar-refractivity contribution is 0.0377. The van der Waals surface area contributed by atoms with Crippen LogP contribution in [0.5, 0.6) is 0 Å². The molecule has 0 aromatic carbocycles. The van der Waals surface area contributed by atoms with Crippen molar-refractivity contribution in [1.29, 1.82) is 0 Å². The molecule has 0 aromatic heterocycles. The van der Waals surface area contributed by atoms with Gasteiger partial charge in [0.2, 0.25) is 0 Å². The van der Waals surface area contributed by atoms with Crippen molar-refractivity contribution in [2.75, 3.05) is 0 Å². The van der Waals surface area contributed by atoms with Gasteiger partial charge in [-0.25, -0.2) is 4.79 Å². The third-order valence-corrected chi connectivity index (χ3v) is 3.98. The highest BCUT2D eigenvalue weighted by molar-refractivity contribution is 6.83. The van der Waals surface area contributed by atoms with Crippen molar-refractivity contribution in [3.8, 4) is 0 Å². The van der Waals surface area contributed by atoms with Gasteiger partial charge in [-0.15, -0.1) is 0 Å². The number of hydrogen-bond donors (Lipinski definition) is 0. The Morgan fingerprint density at radius 2 is 1.94 bits per heavy atom. The summed E-state index contributed by atoms with van der Waals surface area (Å²) >= 11 is 0. The first kappa shape index (κ1) is 13.8. The van der Waals surface area contributed by atoms with Crippen LogP contribution in [0.4, 0.5) is 4.79 Å². The zero-order chi connectivity index (χ0) is 13.3. The number of ether oxygens (including phenoxy) is 2. The Morgan fingerprint density at radius 3 is 2.41 bits per heavy atom. The Balaban J connectivity index is 2.88. The van der Waals surface area contributed by atoms with E-state index in [2.05, 4.69) is 19.6 Å². The van der Waals surface area contributed by atoms with Gasteiger partial charge in [-0.1, -0.05) is 19.6 Å². The van der Waals surface area contributed by atoms with Crippen LogP contribution in [0.25, 0.3) is 0 Å². The summed E-state index contributed by atoms with van der Waals surface area (Å²) in [6.45, 7) is 12.0. The third kappa shape index (κ3) is 3.92. The molecule has 0 radical (unpaired) electrons. The minimum Gasteiger partial charge on any atom is -0.470 e. The third-order valence-electron chi connectivity index (χ3n) is 2.09. The maximum atomic E-state index is 12.0. The van der Waals surface area contributed by atoms with E-state index in [1.165, 1.54) is 6.26 Å². The van der Waals surface area contributed by atoms with Crippen molar-refractivity contribution in [3.05, 3.63) is 24.0 Å². The van der Waals surface area contributed by atoms with Gasteiger partial charge in [0.1, 0.15) is 26.2 Å². The maximum absolute atomic E-state index is 12.0. The first-order valence-electron chi connectivity index (χ1n) is 5.66. The van der Waals surface area contributed by atoms with Gasteiger partial charge >= 0.3 is 6.09 Å². The molecule has 0 aromatic rings. The van der Waals surface area contributed by atoms with Crippen LogP contribution in [0.3, 0.4) is 0 Å². The topological polar surface area (TPSA) is 38.8 Å². The number of carbonyl (C=O) groups is 1. The largest absolute Gasteiger partial charge is 0.470 e. The number of nitrogens with zero attached hydrogens (tertiary/aromatic N) is 1. The fourth-order valence-corrected chi connectivity index (χ4v) is 2.66. The Labute approximate surface area is 104 Å². The molecule has 1 heterocycles. The molecule has 1 aliphatic heterocycles. The smallest absolute Gasteiger partial charge is 0.418 e. The lowest BCUT2D eigenvalue weighted by atomic mass is 10.2. The van der Waals surface area contributed by atoms with E-state index in [1.54, 1.807) is 17.4 Å². The summed E-state index contributed by atoms with van der Waals surface area (Å²) in [6, 6.07) is 0. The van der Waals surface area contributed by atoms with E-state index in [4.69, 9.17) is 9.47 Å². The van der Waals surface area contributed by atoms with Gasteiger partial charge in [-0.3, -0.25) is 4.90 Å². The summed E-state index contributed by atoms with van der Waals surface area (Å²) in [6.07, 6.45) is 4.37. The Morgan fingerprint density at radius 1 is 1.35 bits per heavy atom. The van der Waals surface area contributed by atoms with Crippen molar-refractivity contribution < 1.29 is 14.3 Å². The summed E-state index contributed by atoms with van der Waals surface area (Å²) in [5, 5.41) is 0.911. The predicted molar refractivity (Wildman–Crippen MR) is 69.7 cm³/mol. The molecule has 0 atom stereocenters. The average molecular weight is 255 g/mol. The molecule has 1 rings (SSSR count). The van der Waals surface area contributed by atoms with Crippen LogP contribution in [0.1, 0.15) is 20.8 Å². The molecule has 0 unspecified atom stereocenters. The van der Waals surface area contributed by atoms with E-state index < -0.39 is 13.7 Å².